The highest BCUT2D eigenvalue weighted by Crippen LogP contribution is 2.42. The van der Waals surface area contributed by atoms with Gasteiger partial charge in [0.05, 0.1) is 25.6 Å². The van der Waals surface area contributed by atoms with Crippen molar-refractivity contribution >= 4 is 0 Å². The van der Waals surface area contributed by atoms with Gasteiger partial charge in [0.15, 0.2) is 0 Å². The van der Waals surface area contributed by atoms with Crippen LogP contribution in [-0.4, -0.2) is 86.6 Å². The van der Waals surface area contributed by atoms with Gasteiger partial charge in [-0.05, 0) is 11.6 Å². The monoisotopic (exact) mass is 330 g/mol. The predicted octanol–water partition coefficient (Wildman–Crippen LogP) is -2.73. The lowest BCUT2D eigenvalue weighted by molar-refractivity contribution is -0.255. The van der Waals surface area contributed by atoms with Crippen LogP contribution in [0.5, 0.6) is 0 Å². The van der Waals surface area contributed by atoms with Crippen LogP contribution in [0.1, 0.15) is 0 Å². The second kappa shape index (κ2) is 6.48. The maximum absolute atomic E-state index is 10.3. The molecule has 1 fully saturated rings. The summed E-state index contributed by atoms with van der Waals surface area (Å²) in [4.78, 5) is 0. The minimum atomic E-state index is -1.49. The van der Waals surface area contributed by atoms with Crippen LogP contribution in [0, 0.1) is 11.8 Å². The Bertz CT molecular complexity index is 490. The van der Waals surface area contributed by atoms with Crippen molar-refractivity contribution in [1.82, 2.24) is 0 Å². The molecule has 8 nitrogen and oxygen atoms in total. The van der Waals surface area contributed by atoms with E-state index in [0.29, 0.717) is 5.57 Å². The second-order valence-electron chi connectivity index (χ2n) is 6.22. The summed E-state index contributed by atoms with van der Waals surface area (Å²) in [6.07, 6.45) is -3.35. The zero-order valence-corrected chi connectivity index (χ0v) is 12.3. The summed E-state index contributed by atoms with van der Waals surface area (Å²) in [7, 11) is 0. The van der Waals surface area contributed by atoms with E-state index in [2.05, 4.69) is 0 Å². The average molecular weight is 330 g/mol. The van der Waals surface area contributed by atoms with Crippen molar-refractivity contribution in [1.29, 1.82) is 0 Å². The van der Waals surface area contributed by atoms with Crippen molar-refractivity contribution in [3.8, 4) is 0 Å². The summed E-state index contributed by atoms with van der Waals surface area (Å²) in [6.45, 7) is -0.799. The van der Waals surface area contributed by atoms with E-state index in [9.17, 15) is 30.6 Å². The molecule has 0 spiro atoms. The van der Waals surface area contributed by atoms with Crippen LogP contribution in [0.15, 0.2) is 24.0 Å². The van der Waals surface area contributed by atoms with E-state index in [1.54, 1.807) is 12.2 Å². The number of aliphatic hydroxyl groups is 6. The third kappa shape index (κ3) is 2.70. The van der Waals surface area contributed by atoms with Gasteiger partial charge in [0, 0.05) is 11.8 Å². The maximum Gasteiger partial charge on any atom is 0.134 e. The molecule has 0 aromatic rings. The molecule has 6 N–H and O–H groups in total. The van der Waals surface area contributed by atoms with Crippen molar-refractivity contribution in [3.63, 3.8) is 0 Å². The Kier molecular flexibility index (Phi) is 4.75. The normalized spacial score (nSPS) is 49.5. The summed E-state index contributed by atoms with van der Waals surface area (Å²) in [6, 6.07) is 0. The minimum absolute atomic E-state index is 0.274. The standard InChI is InChI=1S/C15H22O8/c16-4-6-3-8(18)7-1-2-22-14(10(6)7)15-13(21)12(20)11(19)9(5-17)23-15/h1-3,7-21H,4-5H2/t7-,8+,9-,10-,11+,12+,13+,14-,15-/m0/s1. The van der Waals surface area contributed by atoms with Crippen LogP contribution in [-0.2, 0) is 9.47 Å². The molecule has 23 heavy (non-hydrogen) atoms. The SMILES string of the molecule is OCC1=C[C@@H](O)[C@@H]2C=CO[C@H]([C@H]3O[C@@H](CO)[C@@H](O)[C@@H](O)[C@H]3O)[C@@H]12. The first-order valence-corrected chi connectivity index (χ1v) is 7.61. The Labute approximate surface area is 132 Å². The molecule has 3 rings (SSSR count). The fourth-order valence-electron chi connectivity index (χ4n) is 3.72. The van der Waals surface area contributed by atoms with E-state index in [1.807, 2.05) is 0 Å². The van der Waals surface area contributed by atoms with Gasteiger partial charge in [0.2, 0.25) is 0 Å². The zero-order chi connectivity index (χ0) is 16.7. The number of ether oxygens (including phenoxy) is 2. The Morgan fingerprint density at radius 2 is 1.70 bits per heavy atom. The summed E-state index contributed by atoms with van der Waals surface area (Å²) >= 11 is 0. The van der Waals surface area contributed by atoms with E-state index in [4.69, 9.17) is 9.47 Å². The van der Waals surface area contributed by atoms with Gasteiger partial charge in [-0.1, -0.05) is 6.08 Å². The third-order valence-corrected chi connectivity index (χ3v) is 4.95. The second-order valence-corrected chi connectivity index (χ2v) is 6.22. The Morgan fingerprint density at radius 3 is 2.35 bits per heavy atom. The van der Waals surface area contributed by atoms with E-state index in [1.165, 1.54) is 6.26 Å². The molecule has 1 aliphatic carbocycles. The molecule has 0 amide bonds. The highest BCUT2D eigenvalue weighted by molar-refractivity contribution is 5.27. The quantitative estimate of drug-likeness (QED) is 0.307. The molecular weight excluding hydrogens is 308 g/mol. The molecule has 0 unspecified atom stereocenters. The maximum atomic E-state index is 10.3. The largest absolute Gasteiger partial charge is 0.495 e. The Balaban J connectivity index is 1.88. The lowest BCUT2D eigenvalue weighted by Gasteiger charge is -2.46. The lowest BCUT2D eigenvalue weighted by Crippen LogP contribution is -2.63. The van der Waals surface area contributed by atoms with E-state index >= 15 is 0 Å². The predicted molar refractivity (Wildman–Crippen MR) is 75.9 cm³/mol. The highest BCUT2D eigenvalue weighted by Gasteiger charge is 2.53. The van der Waals surface area contributed by atoms with Gasteiger partial charge in [-0.3, -0.25) is 0 Å². The highest BCUT2D eigenvalue weighted by atomic mass is 16.6. The molecule has 0 radical (unpaired) electrons. The van der Waals surface area contributed by atoms with Gasteiger partial charge < -0.3 is 40.1 Å². The van der Waals surface area contributed by atoms with Crippen molar-refractivity contribution < 1.29 is 40.1 Å². The smallest absolute Gasteiger partial charge is 0.134 e. The van der Waals surface area contributed by atoms with E-state index < -0.39 is 55.3 Å². The van der Waals surface area contributed by atoms with Crippen molar-refractivity contribution in [2.75, 3.05) is 13.2 Å². The first-order chi connectivity index (χ1) is 11.0. The molecule has 130 valence electrons. The van der Waals surface area contributed by atoms with Crippen LogP contribution < -0.4 is 0 Å². The van der Waals surface area contributed by atoms with Gasteiger partial charge in [0.1, 0.15) is 36.6 Å². The Morgan fingerprint density at radius 1 is 0.957 bits per heavy atom. The first kappa shape index (κ1) is 16.8. The summed E-state index contributed by atoms with van der Waals surface area (Å²) < 4.78 is 11.1. The van der Waals surface area contributed by atoms with Crippen LogP contribution in [0.2, 0.25) is 0 Å². The molecule has 2 heterocycles. The topological polar surface area (TPSA) is 140 Å². The number of rotatable bonds is 3. The lowest BCUT2D eigenvalue weighted by atomic mass is 9.78. The van der Waals surface area contributed by atoms with Crippen LogP contribution in [0.3, 0.4) is 0 Å². The number of hydrogen-bond acceptors (Lipinski definition) is 8. The van der Waals surface area contributed by atoms with Gasteiger partial charge in [-0.15, -0.1) is 0 Å². The number of hydrogen-bond donors (Lipinski definition) is 6. The fourth-order valence-corrected chi connectivity index (χ4v) is 3.72. The fraction of sp³-hybridized carbons (Fsp3) is 0.733. The molecule has 2 aliphatic heterocycles. The van der Waals surface area contributed by atoms with Crippen LogP contribution in [0.4, 0.5) is 0 Å². The number of fused-ring (bicyclic) bond motifs is 1. The zero-order valence-electron chi connectivity index (χ0n) is 12.3. The summed E-state index contributed by atoms with van der Waals surface area (Å²) in [5.41, 5.74) is 0.564. The molecule has 1 saturated heterocycles. The molecular formula is C15H22O8. The van der Waals surface area contributed by atoms with Crippen LogP contribution in [0.25, 0.3) is 0 Å². The molecule has 0 aromatic heterocycles. The third-order valence-electron chi connectivity index (χ3n) is 4.95. The summed E-state index contributed by atoms with van der Waals surface area (Å²) in [5.74, 6) is -0.760. The molecule has 8 heteroatoms. The minimum Gasteiger partial charge on any atom is -0.495 e. The molecule has 0 aromatic carbocycles. The Hall–Kier alpha value is -1.00. The van der Waals surface area contributed by atoms with Gasteiger partial charge in [0.25, 0.3) is 0 Å². The number of aliphatic hydroxyl groups excluding tert-OH is 6. The van der Waals surface area contributed by atoms with E-state index in [0.717, 1.165) is 0 Å². The van der Waals surface area contributed by atoms with E-state index in [-0.39, 0.29) is 12.5 Å². The first-order valence-electron chi connectivity index (χ1n) is 7.61. The van der Waals surface area contributed by atoms with Gasteiger partial charge >= 0.3 is 0 Å². The van der Waals surface area contributed by atoms with Crippen molar-refractivity contribution in [2.24, 2.45) is 11.8 Å². The van der Waals surface area contributed by atoms with Gasteiger partial charge in [-0.25, -0.2) is 0 Å². The van der Waals surface area contributed by atoms with Crippen molar-refractivity contribution in [3.05, 3.63) is 24.0 Å². The summed E-state index contributed by atoms with van der Waals surface area (Å²) in [5, 5.41) is 58.9. The van der Waals surface area contributed by atoms with Gasteiger partial charge in [-0.2, -0.15) is 0 Å². The molecule has 9 atom stereocenters. The van der Waals surface area contributed by atoms with Crippen molar-refractivity contribution in [2.45, 2.75) is 42.7 Å². The molecule has 0 saturated carbocycles. The molecule has 0 bridgehead atoms. The average Bonchev–Trinajstić information content (AvgIpc) is 2.90. The molecule has 3 aliphatic rings. The van der Waals surface area contributed by atoms with Crippen LogP contribution >= 0.6 is 0 Å².